The molecule has 1 fully saturated rings. The van der Waals surface area contributed by atoms with Gasteiger partial charge in [-0.05, 0) is 24.5 Å². The third-order valence-corrected chi connectivity index (χ3v) is 3.37. The van der Waals surface area contributed by atoms with Crippen LogP contribution in [0.25, 0.3) is 0 Å². The molecule has 2 rings (SSSR count). The van der Waals surface area contributed by atoms with Crippen molar-refractivity contribution >= 4 is 0 Å². The minimum atomic E-state index is 0.250. The summed E-state index contributed by atoms with van der Waals surface area (Å²) in [6.07, 6.45) is 5.70. The van der Waals surface area contributed by atoms with Crippen LogP contribution in [0.2, 0.25) is 0 Å². The van der Waals surface area contributed by atoms with Crippen molar-refractivity contribution in [2.75, 3.05) is 32.8 Å². The van der Waals surface area contributed by atoms with E-state index in [0.717, 1.165) is 39.0 Å². The van der Waals surface area contributed by atoms with E-state index < -0.39 is 0 Å². The SMILES string of the molecule is OCC(CCc1cccnc1)N1CCNCC1. The lowest BCUT2D eigenvalue weighted by atomic mass is 10.1. The lowest BCUT2D eigenvalue weighted by molar-refractivity contribution is 0.104. The molecule has 1 aliphatic heterocycles. The molecule has 1 saturated heterocycles. The van der Waals surface area contributed by atoms with Crippen molar-refractivity contribution in [1.29, 1.82) is 0 Å². The Morgan fingerprint density at radius 2 is 2.24 bits per heavy atom. The average Bonchev–Trinajstić information content (AvgIpc) is 2.42. The quantitative estimate of drug-likeness (QED) is 0.769. The maximum absolute atomic E-state index is 9.48. The number of aliphatic hydroxyl groups is 1. The molecule has 4 nitrogen and oxygen atoms in total. The second kappa shape index (κ2) is 6.69. The molecule has 0 amide bonds. The molecule has 2 heterocycles. The summed E-state index contributed by atoms with van der Waals surface area (Å²) in [4.78, 5) is 6.50. The van der Waals surface area contributed by atoms with Crippen LogP contribution in [0.5, 0.6) is 0 Å². The van der Waals surface area contributed by atoms with Crippen LogP contribution in [0, 0.1) is 0 Å². The van der Waals surface area contributed by atoms with Crippen LogP contribution in [0.15, 0.2) is 24.5 Å². The molecule has 0 radical (unpaired) electrons. The summed E-state index contributed by atoms with van der Waals surface area (Å²) in [7, 11) is 0. The largest absolute Gasteiger partial charge is 0.395 e. The summed E-state index contributed by atoms with van der Waals surface area (Å²) in [5.41, 5.74) is 1.25. The van der Waals surface area contributed by atoms with E-state index in [1.807, 2.05) is 12.3 Å². The van der Waals surface area contributed by atoms with Gasteiger partial charge >= 0.3 is 0 Å². The summed E-state index contributed by atoms with van der Waals surface area (Å²) in [5.74, 6) is 0. The number of pyridine rings is 1. The summed E-state index contributed by atoms with van der Waals surface area (Å²) < 4.78 is 0. The molecule has 2 N–H and O–H groups in total. The molecule has 0 aliphatic carbocycles. The van der Waals surface area contributed by atoms with Crippen molar-refractivity contribution in [3.05, 3.63) is 30.1 Å². The highest BCUT2D eigenvalue weighted by atomic mass is 16.3. The predicted molar refractivity (Wildman–Crippen MR) is 67.9 cm³/mol. The minimum Gasteiger partial charge on any atom is -0.395 e. The second-order valence-electron chi connectivity index (χ2n) is 4.52. The molecule has 0 saturated carbocycles. The third kappa shape index (κ3) is 3.77. The van der Waals surface area contributed by atoms with Crippen LogP contribution in [0.1, 0.15) is 12.0 Å². The zero-order valence-corrected chi connectivity index (χ0v) is 10.2. The Labute approximate surface area is 103 Å². The number of nitrogens with one attached hydrogen (secondary N) is 1. The van der Waals surface area contributed by atoms with Gasteiger partial charge in [-0.15, -0.1) is 0 Å². The number of rotatable bonds is 5. The van der Waals surface area contributed by atoms with Crippen LogP contribution in [-0.4, -0.2) is 53.8 Å². The van der Waals surface area contributed by atoms with Crippen molar-refractivity contribution < 1.29 is 5.11 Å². The van der Waals surface area contributed by atoms with Crippen molar-refractivity contribution in [3.8, 4) is 0 Å². The number of nitrogens with zero attached hydrogens (tertiary/aromatic N) is 2. The van der Waals surface area contributed by atoms with Gasteiger partial charge in [-0.2, -0.15) is 0 Å². The first kappa shape index (κ1) is 12.5. The predicted octanol–water partition coefficient (Wildman–Crippen LogP) is 0.280. The Kier molecular flexibility index (Phi) is 4.91. The molecule has 94 valence electrons. The monoisotopic (exact) mass is 235 g/mol. The van der Waals surface area contributed by atoms with Crippen LogP contribution in [0.4, 0.5) is 0 Å². The van der Waals surface area contributed by atoms with Gasteiger partial charge in [0.1, 0.15) is 0 Å². The molecule has 1 unspecified atom stereocenters. The number of hydrogen-bond acceptors (Lipinski definition) is 4. The van der Waals surface area contributed by atoms with Gasteiger partial charge in [-0.3, -0.25) is 9.88 Å². The van der Waals surface area contributed by atoms with Gasteiger partial charge in [0.15, 0.2) is 0 Å². The first-order valence-electron chi connectivity index (χ1n) is 6.34. The normalized spacial score (nSPS) is 19.1. The lowest BCUT2D eigenvalue weighted by Crippen LogP contribution is -2.49. The summed E-state index contributed by atoms with van der Waals surface area (Å²) in [5, 5.41) is 12.8. The summed E-state index contributed by atoms with van der Waals surface area (Å²) in [6.45, 7) is 4.39. The number of aliphatic hydroxyl groups excluding tert-OH is 1. The Balaban J connectivity index is 1.82. The Bertz CT molecular complexity index is 312. The van der Waals surface area contributed by atoms with E-state index in [4.69, 9.17) is 0 Å². The number of hydrogen-bond donors (Lipinski definition) is 2. The Morgan fingerprint density at radius 3 is 2.88 bits per heavy atom. The van der Waals surface area contributed by atoms with E-state index in [2.05, 4.69) is 21.3 Å². The number of piperazine rings is 1. The molecule has 1 atom stereocenters. The van der Waals surface area contributed by atoms with Crippen molar-refractivity contribution in [3.63, 3.8) is 0 Å². The maximum atomic E-state index is 9.48. The van der Waals surface area contributed by atoms with Crippen molar-refractivity contribution in [2.45, 2.75) is 18.9 Å². The van der Waals surface area contributed by atoms with Gasteiger partial charge in [0.2, 0.25) is 0 Å². The third-order valence-electron chi connectivity index (χ3n) is 3.37. The first-order chi connectivity index (χ1) is 8.40. The van der Waals surface area contributed by atoms with Gasteiger partial charge in [-0.1, -0.05) is 6.07 Å². The van der Waals surface area contributed by atoms with Crippen LogP contribution < -0.4 is 5.32 Å². The first-order valence-corrected chi connectivity index (χ1v) is 6.34. The molecule has 1 aromatic rings. The van der Waals surface area contributed by atoms with E-state index in [1.165, 1.54) is 5.56 Å². The topological polar surface area (TPSA) is 48.4 Å². The highest BCUT2D eigenvalue weighted by molar-refractivity contribution is 5.08. The smallest absolute Gasteiger partial charge is 0.0587 e. The fourth-order valence-electron chi connectivity index (χ4n) is 2.32. The zero-order valence-electron chi connectivity index (χ0n) is 10.2. The molecule has 1 aliphatic rings. The zero-order chi connectivity index (χ0) is 11.9. The average molecular weight is 235 g/mol. The van der Waals surface area contributed by atoms with Gasteiger partial charge in [-0.25, -0.2) is 0 Å². The summed E-state index contributed by atoms with van der Waals surface area (Å²) in [6, 6.07) is 4.35. The highest BCUT2D eigenvalue weighted by Gasteiger charge is 2.19. The second-order valence-corrected chi connectivity index (χ2v) is 4.52. The van der Waals surface area contributed by atoms with E-state index in [-0.39, 0.29) is 12.6 Å². The van der Waals surface area contributed by atoms with Gasteiger partial charge in [0, 0.05) is 44.6 Å². The highest BCUT2D eigenvalue weighted by Crippen LogP contribution is 2.10. The van der Waals surface area contributed by atoms with E-state index in [0.29, 0.717) is 0 Å². The van der Waals surface area contributed by atoms with Crippen LogP contribution >= 0.6 is 0 Å². The Morgan fingerprint density at radius 1 is 1.41 bits per heavy atom. The molecule has 17 heavy (non-hydrogen) atoms. The molecule has 1 aromatic heterocycles. The lowest BCUT2D eigenvalue weighted by Gasteiger charge is -2.33. The van der Waals surface area contributed by atoms with E-state index >= 15 is 0 Å². The molecule has 0 aromatic carbocycles. The standard InChI is InChI=1S/C13H21N3O/c17-11-13(16-8-6-14-7-9-16)4-3-12-2-1-5-15-10-12/h1-2,5,10,13-14,17H,3-4,6-9,11H2. The molecule has 0 spiro atoms. The summed E-state index contributed by atoms with van der Waals surface area (Å²) >= 11 is 0. The van der Waals surface area contributed by atoms with Crippen LogP contribution in [0.3, 0.4) is 0 Å². The van der Waals surface area contributed by atoms with Crippen molar-refractivity contribution in [1.82, 2.24) is 15.2 Å². The minimum absolute atomic E-state index is 0.250. The number of aryl methyl sites for hydroxylation is 1. The Hall–Kier alpha value is -0.970. The van der Waals surface area contributed by atoms with E-state index in [9.17, 15) is 5.11 Å². The molecule has 4 heteroatoms. The fourth-order valence-corrected chi connectivity index (χ4v) is 2.32. The van der Waals surface area contributed by atoms with Gasteiger partial charge in [0.05, 0.1) is 6.61 Å². The van der Waals surface area contributed by atoms with Gasteiger partial charge in [0.25, 0.3) is 0 Å². The fraction of sp³-hybridized carbons (Fsp3) is 0.615. The molecule has 0 bridgehead atoms. The van der Waals surface area contributed by atoms with Crippen molar-refractivity contribution in [2.24, 2.45) is 0 Å². The molecular formula is C13H21N3O. The molecular weight excluding hydrogens is 214 g/mol. The van der Waals surface area contributed by atoms with Crippen LogP contribution in [-0.2, 0) is 6.42 Å². The van der Waals surface area contributed by atoms with Gasteiger partial charge < -0.3 is 10.4 Å². The number of aromatic nitrogens is 1. The maximum Gasteiger partial charge on any atom is 0.0587 e. The van der Waals surface area contributed by atoms with E-state index in [1.54, 1.807) is 6.20 Å².